The Morgan fingerprint density at radius 2 is 1.73 bits per heavy atom. The smallest absolute Gasteiger partial charge is 0.387 e. The van der Waals surface area contributed by atoms with Crippen LogP contribution in [0, 0.1) is 11.7 Å². The monoisotopic (exact) mass is 366 g/mol. The van der Waals surface area contributed by atoms with Gasteiger partial charge < -0.3 is 15.4 Å². The minimum absolute atomic E-state index is 0.0385. The lowest BCUT2D eigenvalue weighted by atomic mass is 9.96. The highest BCUT2D eigenvalue weighted by atomic mass is 19.3. The van der Waals surface area contributed by atoms with Crippen LogP contribution >= 0.6 is 0 Å². The van der Waals surface area contributed by atoms with Crippen LogP contribution in [0.2, 0.25) is 0 Å². The van der Waals surface area contributed by atoms with E-state index in [0.29, 0.717) is 0 Å². The van der Waals surface area contributed by atoms with Gasteiger partial charge >= 0.3 is 6.61 Å². The summed E-state index contributed by atoms with van der Waals surface area (Å²) in [6.07, 6.45) is 0. The number of amides is 1. The minimum atomic E-state index is -2.98. The van der Waals surface area contributed by atoms with Crippen molar-refractivity contribution in [3.63, 3.8) is 0 Å². The fourth-order valence-electron chi connectivity index (χ4n) is 2.57. The van der Waals surface area contributed by atoms with E-state index in [1.165, 1.54) is 30.3 Å². The first kappa shape index (κ1) is 19.8. The van der Waals surface area contributed by atoms with E-state index < -0.39 is 12.5 Å². The van der Waals surface area contributed by atoms with Crippen molar-refractivity contribution in [3.05, 3.63) is 59.9 Å². The van der Waals surface area contributed by atoms with Gasteiger partial charge in [0.2, 0.25) is 5.91 Å². The highest BCUT2D eigenvalue weighted by Gasteiger charge is 2.17. The average molecular weight is 366 g/mol. The zero-order valence-corrected chi connectivity index (χ0v) is 14.5. The molecular weight excluding hydrogens is 345 g/mol. The maximum absolute atomic E-state index is 13.1. The molecule has 2 N–H and O–H groups in total. The van der Waals surface area contributed by atoms with E-state index in [-0.39, 0.29) is 35.8 Å². The van der Waals surface area contributed by atoms with Crippen LogP contribution in [0.1, 0.15) is 25.5 Å². The Kier molecular flexibility index (Phi) is 7.03. The second kappa shape index (κ2) is 9.24. The summed E-state index contributed by atoms with van der Waals surface area (Å²) < 4.78 is 42.3. The Morgan fingerprint density at radius 3 is 2.35 bits per heavy atom. The zero-order valence-electron chi connectivity index (χ0n) is 14.5. The lowest BCUT2D eigenvalue weighted by molar-refractivity contribution is -0.115. The number of benzene rings is 2. The summed E-state index contributed by atoms with van der Waals surface area (Å²) in [5.74, 6) is -0.676. The van der Waals surface area contributed by atoms with E-state index in [1.54, 1.807) is 18.2 Å². The molecule has 140 valence electrons. The van der Waals surface area contributed by atoms with E-state index in [2.05, 4.69) is 15.4 Å². The number of nitrogens with one attached hydrogen (secondary N) is 2. The standard InChI is InChI=1S/C19H21F3N2O2/c1-12(2)18(13-7-9-14(20)10-8-13)23-11-17(25)24-15-5-3-4-6-16(15)26-19(21)22/h3-10,12,18-19,23H,11H2,1-2H3,(H,24,25). The fraction of sp³-hybridized carbons (Fsp3) is 0.316. The number of alkyl halides is 2. The molecule has 0 spiro atoms. The van der Waals surface area contributed by atoms with Crippen LogP contribution in [0.15, 0.2) is 48.5 Å². The van der Waals surface area contributed by atoms with Gasteiger partial charge in [-0.2, -0.15) is 8.78 Å². The van der Waals surface area contributed by atoms with Gasteiger partial charge in [-0.1, -0.05) is 38.1 Å². The molecule has 1 unspecified atom stereocenters. The molecule has 0 aliphatic carbocycles. The number of ether oxygens (including phenoxy) is 1. The van der Waals surface area contributed by atoms with E-state index in [4.69, 9.17) is 0 Å². The molecule has 0 radical (unpaired) electrons. The zero-order chi connectivity index (χ0) is 19.1. The number of rotatable bonds is 8. The molecule has 2 rings (SSSR count). The molecule has 0 saturated heterocycles. The largest absolute Gasteiger partial charge is 0.433 e. The van der Waals surface area contributed by atoms with Crippen LogP contribution in [0.5, 0.6) is 5.75 Å². The summed E-state index contributed by atoms with van der Waals surface area (Å²) in [5, 5.41) is 5.66. The van der Waals surface area contributed by atoms with Crippen molar-refractivity contribution < 1.29 is 22.7 Å². The third kappa shape index (κ3) is 5.77. The molecule has 2 aromatic carbocycles. The Bertz CT molecular complexity index is 721. The Labute approximate surface area is 150 Å². The van der Waals surface area contributed by atoms with E-state index in [0.717, 1.165) is 5.56 Å². The number of anilines is 1. The lowest BCUT2D eigenvalue weighted by Crippen LogP contribution is -2.33. The Morgan fingerprint density at radius 1 is 1.08 bits per heavy atom. The normalized spacial score (nSPS) is 12.3. The fourth-order valence-corrected chi connectivity index (χ4v) is 2.57. The van der Waals surface area contributed by atoms with Crippen molar-refractivity contribution in [2.45, 2.75) is 26.5 Å². The molecule has 0 aliphatic rings. The molecule has 1 amide bonds. The van der Waals surface area contributed by atoms with Gasteiger partial charge in [-0.25, -0.2) is 4.39 Å². The second-order valence-electron chi connectivity index (χ2n) is 6.08. The SMILES string of the molecule is CC(C)C(NCC(=O)Nc1ccccc1OC(F)F)c1ccc(F)cc1. The summed E-state index contributed by atoms with van der Waals surface area (Å²) in [7, 11) is 0. The second-order valence-corrected chi connectivity index (χ2v) is 6.08. The summed E-state index contributed by atoms with van der Waals surface area (Å²) in [6, 6.07) is 11.9. The Balaban J connectivity index is 2.00. The first-order chi connectivity index (χ1) is 12.4. The van der Waals surface area contributed by atoms with Gasteiger partial charge in [0.15, 0.2) is 0 Å². The van der Waals surface area contributed by atoms with Crippen LogP contribution < -0.4 is 15.4 Å². The van der Waals surface area contributed by atoms with E-state index in [1.807, 2.05) is 13.8 Å². The quantitative estimate of drug-likeness (QED) is 0.730. The highest BCUT2D eigenvalue weighted by molar-refractivity contribution is 5.93. The predicted octanol–water partition coefficient (Wildman–Crippen LogP) is 4.35. The predicted molar refractivity (Wildman–Crippen MR) is 93.7 cm³/mol. The van der Waals surface area contributed by atoms with Gasteiger partial charge in [0.1, 0.15) is 11.6 Å². The maximum Gasteiger partial charge on any atom is 0.387 e. The highest BCUT2D eigenvalue weighted by Crippen LogP contribution is 2.25. The Hall–Kier alpha value is -2.54. The van der Waals surface area contributed by atoms with Crippen molar-refractivity contribution in [3.8, 4) is 5.75 Å². The van der Waals surface area contributed by atoms with Crippen molar-refractivity contribution in [1.82, 2.24) is 5.32 Å². The molecule has 0 bridgehead atoms. The van der Waals surface area contributed by atoms with Crippen LogP contribution in [0.4, 0.5) is 18.9 Å². The minimum Gasteiger partial charge on any atom is -0.433 e. The number of carbonyl (C=O) groups is 1. The molecule has 0 heterocycles. The summed E-state index contributed by atoms with van der Waals surface area (Å²) >= 11 is 0. The van der Waals surface area contributed by atoms with Crippen LogP contribution in [0.25, 0.3) is 0 Å². The molecule has 1 atom stereocenters. The number of hydrogen-bond donors (Lipinski definition) is 2. The van der Waals surface area contributed by atoms with Crippen molar-refractivity contribution in [2.24, 2.45) is 5.92 Å². The summed E-state index contributed by atoms with van der Waals surface area (Å²) in [4.78, 5) is 12.2. The molecule has 7 heteroatoms. The van der Waals surface area contributed by atoms with Crippen LogP contribution in [0.3, 0.4) is 0 Å². The van der Waals surface area contributed by atoms with Gasteiger partial charge in [-0.3, -0.25) is 4.79 Å². The number of hydrogen-bond acceptors (Lipinski definition) is 3. The molecule has 0 fully saturated rings. The van der Waals surface area contributed by atoms with E-state index >= 15 is 0 Å². The third-order valence-corrected chi connectivity index (χ3v) is 3.76. The van der Waals surface area contributed by atoms with Gasteiger partial charge in [0, 0.05) is 6.04 Å². The van der Waals surface area contributed by atoms with Gasteiger partial charge in [0.05, 0.1) is 12.2 Å². The maximum atomic E-state index is 13.1. The molecule has 0 saturated carbocycles. The lowest BCUT2D eigenvalue weighted by Gasteiger charge is -2.23. The molecular formula is C19H21F3N2O2. The molecule has 2 aromatic rings. The van der Waals surface area contributed by atoms with E-state index in [9.17, 15) is 18.0 Å². The van der Waals surface area contributed by atoms with Gasteiger partial charge in [-0.15, -0.1) is 0 Å². The van der Waals surface area contributed by atoms with Gasteiger partial charge in [-0.05, 0) is 35.7 Å². The van der Waals surface area contributed by atoms with Gasteiger partial charge in [0.25, 0.3) is 0 Å². The number of halogens is 3. The van der Waals surface area contributed by atoms with Crippen molar-refractivity contribution >= 4 is 11.6 Å². The van der Waals surface area contributed by atoms with Crippen molar-refractivity contribution in [1.29, 1.82) is 0 Å². The molecule has 26 heavy (non-hydrogen) atoms. The molecule has 0 aromatic heterocycles. The topological polar surface area (TPSA) is 50.4 Å². The number of carbonyl (C=O) groups excluding carboxylic acids is 1. The third-order valence-electron chi connectivity index (χ3n) is 3.76. The average Bonchev–Trinajstić information content (AvgIpc) is 2.57. The first-order valence-corrected chi connectivity index (χ1v) is 8.19. The first-order valence-electron chi connectivity index (χ1n) is 8.19. The van der Waals surface area contributed by atoms with Crippen LogP contribution in [-0.4, -0.2) is 19.1 Å². The number of para-hydroxylation sites is 2. The molecule has 4 nitrogen and oxygen atoms in total. The van der Waals surface area contributed by atoms with Crippen molar-refractivity contribution in [2.75, 3.05) is 11.9 Å². The summed E-state index contributed by atoms with van der Waals surface area (Å²) in [5.41, 5.74) is 1.03. The molecule has 0 aliphatic heterocycles. The van der Waals surface area contributed by atoms with Crippen LogP contribution in [-0.2, 0) is 4.79 Å². The summed E-state index contributed by atoms with van der Waals surface area (Å²) in [6.45, 7) is 0.938.